The number of hydrogen-bond acceptors (Lipinski definition) is 2. The lowest BCUT2D eigenvalue weighted by Gasteiger charge is -2.29. The molecule has 0 aromatic heterocycles. The zero-order valence-corrected chi connectivity index (χ0v) is 11.6. The number of carbonyl (C=O) groups is 1. The Morgan fingerprint density at radius 3 is 2.56 bits per heavy atom. The number of amides is 1. The largest absolute Gasteiger partial charge is 0.353 e. The predicted octanol–water partition coefficient (Wildman–Crippen LogP) is 2.10. The SMILES string of the molecule is CC1CC(NC(=O)CC(C)(C)C)CCN1.Cl. The number of hydrogen-bond donors (Lipinski definition) is 2. The van der Waals surface area contributed by atoms with Crippen molar-refractivity contribution in [3.8, 4) is 0 Å². The lowest BCUT2D eigenvalue weighted by Crippen LogP contribution is -2.47. The molecule has 96 valence electrons. The minimum Gasteiger partial charge on any atom is -0.353 e. The third kappa shape index (κ3) is 6.33. The Kier molecular flexibility index (Phi) is 6.34. The molecule has 0 spiro atoms. The predicted molar refractivity (Wildman–Crippen MR) is 69.9 cm³/mol. The molecule has 1 rings (SSSR count). The Labute approximate surface area is 105 Å². The lowest BCUT2D eigenvalue weighted by atomic mass is 9.91. The minimum absolute atomic E-state index is 0. The van der Waals surface area contributed by atoms with Gasteiger partial charge >= 0.3 is 0 Å². The Balaban J connectivity index is 0.00000225. The molecule has 16 heavy (non-hydrogen) atoms. The van der Waals surface area contributed by atoms with E-state index in [4.69, 9.17) is 0 Å². The third-order valence-corrected chi connectivity index (χ3v) is 2.68. The number of nitrogens with one attached hydrogen (secondary N) is 2. The van der Waals surface area contributed by atoms with Crippen LogP contribution in [-0.4, -0.2) is 24.5 Å². The fourth-order valence-corrected chi connectivity index (χ4v) is 2.02. The maximum atomic E-state index is 11.7. The van der Waals surface area contributed by atoms with Gasteiger partial charge in [-0.1, -0.05) is 20.8 Å². The second kappa shape index (κ2) is 6.45. The standard InChI is InChI=1S/C12H24N2O.ClH/c1-9-7-10(5-6-13-9)14-11(15)8-12(2,3)4;/h9-10,13H,5-8H2,1-4H3,(H,14,15);1H. The van der Waals surface area contributed by atoms with Gasteiger partial charge in [-0.3, -0.25) is 4.79 Å². The van der Waals surface area contributed by atoms with Crippen LogP contribution < -0.4 is 10.6 Å². The van der Waals surface area contributed by atoms with Gasteiger partial charge in [0.25, 0.3) is 0 Å². The van der Waals surface area contributed by atoms with Crippen LogP contribution in [0.4, 0.5) is 0 Å². The topological polar surface area (TPSA) is 41.1 Å². The van der Waals surface area contributed by atoms with Gasteiger partial charge in [-0.15, -0.1) is 12.4 Å². The zero-order valence-electron chi connectivity index (χ0n) is 10.8. The van der Waals surface area contributed by atoms with Crippen molar-refractivity contribution in [2.75, 3.05) is 6.54 Å². The highest BCUT2D eigenvalue weighted by Crippen LogP contribution is 2.18. The second-order valence-electron chi connectivity index (χ2n) is 5.88. The van der Waals surface area contributed by atoms with Gasteiger partial charge in [-0.05, 0) is 31.7 Å². The van der Waals surface area contributed by atoms with Crippen molar-refractivity contribution in [2.45, 2.75) is 59.0 Å². The normalized spacial score (nSPS) is 25.8. The van der Waals surface area contributed by atoms with Crippen molar-refractivity contribution in [1.29, 1.82) is 0 Å². The number of halogens is 1. The maximum absolute atomic E-state index is 11.7. The lowest BCUT2D eigenvalue weighted by molar-refractivity contribution is -0.123. The zero-order chi connectivity index (χ0) is 11.5. The van der Waals surface area contributed by atoms with Crippen LogP contribution in [0, 0.1) is 5.41 Å². The van der Waals surface area contributed by atoms with E-state index in [1.165, 1.54) is 0 Å². The molecule has 2 unspecified atom stereocenters. The summed E-state index contributed by atoms with van der Waals surface area (Å²) in [6.45, 7) is 9.47. The average Bonchev–Trinajstić information content (AvgIpc) is 1.99. The highest BCUT2D eigenvalue weighted by Gasteiger charge is 2.22. The summed E-state index contributed by atoms with van der Waals surface area (Å²) in [4.78, 5) is 11.7. The summed E-state index contributed by atoms with van der Waals surface area (Å²) in [7, 11) is 0. The summed E-state index contributed by atoms with van der Waals surface area (Å²) >= 11 is 0. The van der Waals surface area contributed by atoms with Crippen molar-refractivity contribution in [3.05, 3.63) is 0 Å². The Bertz CT molecular complexity index is 226. The van der Waals surface area contributed by atoms with Crippen molar-refractivity contribution in [1.82, 2.24) is 10.6 Å². The van der Waals surface area contributed by atoms with Crippen LogP contribution >= 0.6 is 12.4 Å². The molecule has 1 aliphatic heterocycles. The molecule has 1 heterocycles. The van der Waals surface area contributed by atoms with Crippen LogP contribution in [-0.2, 0) is 4.79 Å². The Morgan fingerprint density at radius 2 is 2.06 bits per heavy atom. The van der Waals surface area contributed by atoms with E-state index in [-0.39, 0.29) is 23.7 Å². The van der Waals surface area contributed by atoms with E-state index in [1.807, 2.05) is 0 Å². The van der Waals surface area contributed by atoms with Gasteiger partial charge in [0.05, 0.1) is 0 Å². The van der Waals surface area contributed by atoms with Gasteiger partial charge < -0.3 is 10.6 Å². The molecule has 4 heteroatoms. The number of piperidine rings is 1. The minimum atomic E-state index is 0. The van der Waals surface area contributed by atoms with E-state index in [2.05, 4.69) is 38.3 Å². The van der Waals surface area contributed by atoms with E-state index in [0.29, 0.717) is 18.5 Å². The highest BCUT2D eigenvalue weighted by molar-refractivity contribution is 5.85. The summed E-state index contributed by atoms with van der Waals surface area (Å²) in [6.07, 6.45) is 2.72. The first-order valence-corrected chi connectivity index (χ1v) is 5.89. The molecule has 1 fully saturated rings. The molecular weight excluding hydrogens is 224 g/mol. The van der Waals surface area contributed by atoms with Crippen LogP contribution in [0.1, 0.15) is 47.0 Å². The van der Waals surface area contributed by atoms with Crippen LogP contribution in [0.25, 0.3) is 0 Å². The fourth-order valence-electron chi connectivity index (χ4n) is 2.02. The smallest absolute Gasteiger partial charge is 0.220 e. The van der Waals surface area contributed by atoms with Crippen molar-refractivity contribution < 1.29 is 4.79 Å². The molecule has 0 radical (unpaired) electrons. The molecule has 0 aromatic carbocycles. The summed E-state index contributed by atoms with van der Waals surface area (Å²) < 4.78 is 0. The first-order valence-electron chi connectivity index (χ1n) is 5.89. The van der Waals surface area contributed by atoms with E-state index in [9.17, 15) is 4.79 Å². The Morgan fingerprint density at radius 1 is 1.44 bits per heavy atom. The molecule has 0 aromatic rings. The molecule has 0 saturated carbocycles. The summed E-state index contributed by atoms with van der Waals surface area (Å²) in [6, 6.07) is 0.898. The molecule has 1 saturated heterocycles. The van der Waals surface area contributed by atoms with E-state index >= 15 is 0 Å². The summed E-state index contributed by atoms with van der Waals surface area (Å²) in [5.74, 6) is 0.196. The third-order valence-electron chi connectivity index (χ3n) is 2.68. The molecular formula is C12H25ClN2O. The monoisotopic (exact) mass is 248 g/mol. The summed E-state index contributed by atoms with van der Waals surface area (Å²) in [5, 5.41) is 6.51. The van der Waals surface area contributed by atoms with Crippen LogP contribution in [0.2, 0.25) is 0 Å². The van der Waals surface area contributed by atoms with E-state index in [1.54, 1.807) is 0 Å². The first-order chi connectivity index (χ1) is 6.87. The van der Waals surface area contributed by atoms with Gasteiger partial charge in [0, 0.05) is 18.5 Å². The molecule has 2 N–H and O–H groups in total. The second-order valence-corrected chi connectivity index (χ2v) is 5.88. The molecule has 0 bridgehead atoms. The van der Waals surface area contributed by atoms with Crippen molar-refractivity contribution in [2.24, 2.45) is 5.41 Å². The number of rotatable bonds is 2. The fraction of sp³-hybridized carbons (Fsp3) is 0.917. The molecule has 1 aliphatic rings. The first kappa shape index (κ1) is 15.7. The van der Waals surface area contributed by atoms with E-state index in [0.717, 1.165) is 19.4 Å². The summed E-state index contributed by atoms with van der Waals surface area (Å²) in [5.41, 5.74) is 0.0859. The quantitative estimate of drug-likeness (QED) is 0.786. The van der Waals surface area contributed by atoms with Crippen molar-refractivity contribution in [3.63, 3.8) is 0 Å². The Hall–Kier alpha value is -0.280. The van der Waals surface area contributed by atoms with Gasteiger partial charge in [-0.25, -0.2) is 0 Å². The average molecular weight is 249 g/mol. The van der Waals surface area contributed by atoms with Gasteiger partial charge in [0.15, 0.2) is 0 Å². The number of carbonyl (C=O) groups excluding carboxylic acids is 1. The van der Waals surface area contributed by atoms with E-state index < -0.39 is 0 Å². The molecule has 3 nitrogen and oxygen atoms in total. The van der Waals surface area contributed by atoms with Gasteiger partial charge in [-0.2, -0.15) is 0 Å². The van der Waals surface area contributed by atoms with Gasteiger partial charge in [0.1, 0.15) is 0 Å². The molecule has 2 atom stereocenters. The molecule has 1 amide bonds. The van der Waals surface area contributed by atoms with Crippen molar-refractivity contribution >= 4 is 18.3 Å². The van der Waals surface area contributed by atoms with Crippen LogP contribution in [0.15, 0.2) is 0 Å². The highest BCUT2D eigenvalue weighted by atomic mass is 35.5. The maximum Gasteiger partial charge on any atom is 0.220 e. The van der Waals surface area contributed by atoms with Crippen LogP contribution in [0.3, 0.4) is 0 Å². The van der Waals surface area contributed by atoms with Crippen LogP contribution in [0.5, 0.6) is 0 Å². The van der Waals surface area contributed by atoms with Gasteiger partial charge in [0.2, 0.25) is 5.91 Å². The molecule has 0 aliphatic carbocycles.